The van der Waals surface area contributed by atoms with Gasteiger partial charge in [0.2, 0.25) is 6.54 Å². The highest BCUT2D eigenvalue weighted by Gasteiger charge is 2.23. The second-order valence-corrected chi connectivity index (χ2v) is 2.97. The molecule has 82 valence electrons. The van der Waals surface area contributed by atoms with E-state index in [4.69, 9.17) is 6.57 Å². The van der Waals surface area contributed by atoms with Crippen LogP contribution in [0.3, 0.4) is 0 Å². The fourth-order valence-corrected chi connectivity index (χ4v) is 1.21. The smallest absolute Gasteiger partial charge is 0.317 e. The van der Waals surface area contributed by atoms with E-state index in [0.717, 1.165) is 12.1 Å². The number of nitro benzene ring substituents is 2. The molecule has 0 aliphatic rings. The Morgan fingerprint density at radius 3 is 2.31 bits per heavy atom. The molecule has 0 heterocycles. The Hall–Kier alpha value is -2.49. The Morgan fingerprint density at radius 1 is 1.19 bits per heavy atom. The van der Waals surface area contributed by atoms with Gasteiger partial charge >= 0.3 is 11.4 Å². The first kappa shape index (κ1) is 11.6. The van der Waals surface area contributed by atoms with Gasteiger partial charge in [0.05, 0.1) is 9.85 Å². The molecule has 0 bridgehead atoms. The average Bonchev–Trinajstić information content (AvgIpc) is 2.25. The van der Waals surface area contributed by atoms with E-state index in [2.05, 4.69) is 4.85 Å². The van der Waals surface area contributed by atoms with Crippen LogP contribution in [0.25, 0.3) is 4.85 Å². The fraction of sp³-hybridized carbons (Fsp3) is 0.222. The summed E-state index contributed by atoms with van der Waals surface area (Å²) in [7, 11) is 0. The first-order valence-corrected chi connectivity index (χ1v) is 4.31. The van der Waals surface area contributed by atoms with Gasteiger partial charge in [-0.15, -0.1) is 0 Å². The van der Waals surface area contributed by atoms with Gasteiger partial charge in [-0.05, 0) is 5.56 Å². The van der Waals surface area contributed by atoms with Crippen molar-refractivity contribution in [2.75, 3.05) is 6.54 Å². The second kappa shape index (κ2) is 4.84. The molecular formula is C9H7N3O4. The monoisotopic (exact) mass is 221 g/mol. The minimum absolute atomic E-state index is 0.203. The van der Waals surface area contributed by atoms with Gasteiger partial charge < -0.3 is 4.85 Å². The summed E-state index contributed by atoms with van der Waals surface area (Å²) in [5.41, 5.74) is -0.516. The van der Waals surface area contributed by atoms with Crippen molar-refractivity contribution in [3.05, 3.63) is 55.4 Å². The van der Waals surface area contributed by atoms with E-state index in [-0.39, 0.29) is 6.54 Å². The van der Waals surface area contributed by atoms with Crippen LogP contribution < -0.4 is 0 Å². The normalized spacial score (nSPS) is 9.44. The minimum Gasteiger partial charge on any atom is -0.317 e. The van der Waals surface area contributed by atoms with Crippen molar-refractivity contribution in [1.29, 1.82) is 0 Å². The van der Waals surface area contributed by atoms with Gasteiger partial charge in [-0.1, -0.05) is 6.07 Å². The van der Waals surface area contributed by atoms with E-state index in [1.54, 1.807) is 0 Å². The molecule has 0 spiro atoms. The third kappa shape index (κ3) is 2.51. The van der Waals surface area contributed by atoms with Crippen LogP contribution in [0.15, 0.2) is 18.2 Å². The summed E-state index contributed by atoms with van der Waals surface area (Å²) in [4.78, 5) is 22.6. The molecule has 1 aromatic rings. The van der Waals surface area contributed by atoms with Crippen molar-refractivity contribution >= 4 is 11.4 Å². The molecule has 0 fully saturated rings. The highest BCUT2D eigenvalue weighted by Crippen LogP contribution is 2.27. The van der Waals surface area contributed by atoms with E-state index in [9.17, 15) is 20.2 Å². The summed E-state index contributed by atoms with van der Waals surface area (Å²) in [6.07, 6.45) is 0.350. The molecule has 0 N–H and O–H groups in total. The van der Waals surface area contributed by atoms with Crippen LogP contribution in [0.2, 0.25) is 0 Å². The lowest BCUT2D eigenvalue weighted by atomic mass is 10.1. The van der Waals surface area contributed by atoms with E-state index in [1.807, 2.05) is 0 Å². The highest BCUT2D eigenvalue weighted by atomic mass is 16.6. The predicted octanol–water partition coefficient (Wildman–Crippen LogP) is 1.96. The predicted molar refractivity (Wildman–Crippen MR) is 54.9 cm³/mol. The van der Waals surface area contributed by atoms with Crippen LogP contribution in [0.4, 0.5) is 11.4 Å². The number of nitro groups is 2. The van der Waals surface area contributed by atoms with E-state index < -0.39 is 21.2 Å². The van der Waals surface area contributed by atoms with Crippen molar-refractivity contribution in [2.45, 2.75) is 6.42 Å². The van der Waals surface area contributed by atoms with Crippen molar-refractivity contribution in [1.82, 2.24) is 0 Å². The quantitative estimate of drug-likeness (QED) is 0.441. The Balaban J connectivity index is 3.13. The van der Waals surface area contributed by atoms with E-state index >= 15 is 0 Å². The van der Waals surface area contributed by atoms with Gasteiger partial charge in [0.25, 0.3) is 0 Å². The maximum atomic E-state index is 10.6. The molecule has 0 aliphatic heterocycles. The summed E-state index contributed by atoms with van der Waals surface area (Å²) < 4.78 is 0. The Bertz CT molecular complexity index is 478. The van der Waals surface area contributed by atoms with Gasteiger partial charge in [-0.3, -0.25) is 20.2 Å². The summed E-state index contributed by atoms with van der Waals surface area (Å²) >= 11 is 0. The van der Waals surface area contributed by atoms with Crippen LogP contribution in [-0.4, -0.2) is 16.4 Å². The van der Waals surface area contributed by atoms with Crippen LogP contribution in [0.5, 0.6) is 0 Å². The summed E-state index contributed by atoms with van der Waals surface area (Å²) in [5.74, 6) is 0. The molecule has 0 amide bonds. The third-order valence-electron chi connectivity index (χ3n) is 1.95. The van der Waals surface area contributed by atoms with Gasteiger partial charge in [0, 0.05) is 18.6 Å². The molecule has 0 saturated heterocycles. The Kier molecular flexibility index (Phi) is 3.50. The van der Waals surface area contributed by atoms with Gasteiger partial charge in [0.1, 0.15) is 0 Å². The fourth-order valence-electron chi connectivity index (χ4n) is 1.21. The lowest BCUT2D eigenvalue weighted by molar-refractivity contribution is -0.422. The highest BCUT2D eigenvalue weighted by molar-refractivity contribution is 5.54. The number of benzene rings is 1. The zero-order valence-corrected chi connectivity index (χ0v) is 8.12. The summed E-state index contributed by atoms with van der Waals surface area (Å²) in [5, 5.41) is 21.1. The molecular weight excluding hydrogens is 214 g/mol. The number of rotatable bonds is 4. The Morgan fingerprint density at radius 2 is 1.81 bits per heavy atom. The second-order valence-electron chi connectivity index (χ2n) is 2.97. The molecule has 0 saturated carbocycles. The molecule has 0 aliphatic carbocycles. The van der Waals surface area contributed by atoms with Gasteiger partial charge in [-0.25, -0.2) is 6.57 Å². The number of hydrogen-bond donors (Lipinski definition) is 0. The van der Waals surface area contributed by atoms with Crippen molar-refractivity contribution in [2.24, 2.45) is 0 Å². The lowest BCUT2D eigenvalue weighted by Crippen LogP contribution is -1.98. The molecule has 0 radical (unpaired) electrons. The zero-order valence-electron chi connectivity index (χ0n) is 8.12. The van der Waals surface area contributed by atoms with Crippen LogP contribution in [-0.2, 0) is 6.42 Å². The van der Waals surface area contributed by atoms with Crippen molar-refractivity contribution in [3.63, 3.8) is 0 Å². The third-order valence-corrected chi connectivity index (χ3v) is 1.95. The number of nitrogens with zero attached hydrogens (tertiary/aromatic N) is 3. The standard InChI is InChI=1S/C9H7N3O4/c1-10-5-4-7-2-3-8(11(13)14)9(6-7)12(15)16/h2-3,6H,4-5H2. The topological polar surface area (TPSA) is 90.6 Å². The molecule has 0 atom stereocenters. The van der Waals surface area contributed by atoms with Crippen LogP contribution in [0.1, 0.15) is 5.56 Å². The van der Waals surface area contributed by atoms with Gasteiger partial charge in [0.15, 0.2) is 0 Å². The van der Waals surface area contributed by atoms with Gasteiger partial charge in [-0.2, -0.15) is 0 Å². The number of hydrogen-bond acceptors (Lipinski definition) is 4. The summed E-state index contributed by atoms with van der Waals surface area (Å²) in [6.45, 7) is 6.79. The molecule has 1 rings (SSSR count). The SMILES string of the molecule is [C-]#[N+]CCc1ccc([N+](=O)[O-])c([N+](=O)[O-])c1. The molecule has 1 aromatic carbocycles. The maximum absolute atomic E-state index is 10.6. The van der Waals surface area contributed by atoms with Crippen molar-refractivity contribution in [3.8, 4) is 0 Å². The Labute approximate surface area is 90.4 Å². The molecule has 16 heavy (non-hydrogen) atoms. The maximum Gasteiger partial charge on any atom is 0.346 e. The van der Waals surface area contributed by atoms with E-state index in [1.165, 1.54) is 6.07 Å². The zero-order chi connectivity index (χ0) is 12.1. The lowest BCUT2D eigenvalue weighted by Gasteiger charge is -1.97. The minimum atomic E-state index is -0.795. The van der Waals surface area contributed by atoms with E-state index in [0.29, 0.717) is 12.0 Å². The molecule has 7 nitrogen and oxygen atoms in total. The van der Waals surface area contributed by atoms with Crippen LogP contribution in [0, 0.1) is 26.8 Å². The largest absolute Gasteiger partial charge is 0.346 e. The first-order chi connectivity index (χ1) is 7.56. The molecule has 0 aromatic heterocycles. The van der Waals surface area contributed by atoms with Crippen molar-refractivity contribution < 1.29 is 9.85 Å². The summed E-state index contributed by atoms with van der Waals surface area (Å²) in [6, 6.07) is 3.66. The molecule has 7 heteroatoms. The van der Waals surface area contributed by atoms with Crippen LogP contribution >= 0.6 is 0 Å². The molecule has 0 unspecified atom stereocenters. The first-order valence-electron chi connectivity index (χ1n) is 4.31. The average molecular weight is 221 g/mol.